The Balaban J connectivity index is 1.64. The molecule has 4 atom stereocenters. The van der Waals surface area contributed by atoms with Crippen LogP contribution in [0.4, 0.5) is 5.13 Å². The fourth-order valence-corrected chi connectivity index (χ4v) is 5.75. The number of rotatable bonds is 2. The number of anilines is 1. The van der Waals surface area contributed by atoms with Crippen molar-refractivity contribution < 1.29 is 14.3 Å². The van der Waals surface area contributed by atoms with Gasteiger partial charge in [-0.05, 0) is 31.7 Å². The van der Waals surface area contributed by atoms with Crippen LogP contribution in [0.3, 0.4) is 0 Å². The molecular formula is C21H19BrN2O3S. The van der Waals surface area contributed by atoms with Crippen molar-refractivity contribution in [3.63, 3.8) is 0 Å². The van der Waals surface area contributed by atoms with Crippen molar-refractivity contribution in [3.8, 4) is 0 Å². The number of hydrogen-bond acceptors (Lipinski definition) is 5. The van der Waals surface area contributed by atoms with Gasteiger partial charge in [0, 0.05) is 16.4 Å². The second-order valence-electron chi connectivity index (χ2n) is 7.58. The summed E-state index contributed by atoms with van der Waals surface area (Å²) in [6.07, 6.45) is 3.94. The van der Waals surface area contributed by atoms with Crippen LogP contribution in [0, 0.1) is 12.8 Å². The maximum absolute atomic E-state index is 13.5. The Labute approximate surface area is 175 Å². The van der Waals surface area contributed by atoms with Gasteiger partial charge in [-0.25, -0.2) is 4.98 Å². The van der Waals surface area contributed by atoms with Gasteiger partial charge < -0.3 is 4.74 Å². The molecule has 1 aromatic heterocycles. The lowest BCUT2D eigenvalue weighted by Gasteiger charge is -2.37. The van der Waals surface area contributed by atoms with Gasteiger partial charge >= 0.3 is 0 Å². The van der Waals surface area contributed by atoms with Crippen LogP contribution in [-0.4, -0.2) is 27.6 Å². The normalized spacial score (nSPS) is 29.6. The van der Waals surface area contributed by atoms with E-state index in [1.165, 1.54) is 11.3 Å². The second kappa shape index (κ2) is 6.81. The van der Waals surface area contributed by atoms with Gasteiger partial charge in [0.2, 0.25) is 0 Å². The number of halogens is 1. The third kappa shape index (κ3) is 2.75. The summed E-state index contributed by atoms with van der Waals surface area (Å²) in [5, 5.41) is 2.42. The summed E-state index contributed by atoms with van der Waals surface area (Å²) in [6, 6.07) is 7.49. The minimum Gasteiger partial charge on any atom is -0.483 e. The predicted molar refractivity (Wildman–Crippen MR) is 110 cm³/mol. The molecule has 28 heavy (non-hydrogen) atoms. The number of carbonyl (C=O) groups excluding carboxylic acids is 2. The maximum atomic E-state index is 13.5. The first kappa shape index (κ1) is 18.1. The standard InChI is InChI=1S/C21H19BrN2O3S/c1-11-2-4-12(5-3-11)17-16-18(25)14-10-13(22)6-7-15(14)27-19(16)20(26)24(17)21-23-8-9-28-21/h2-5,8-9,13-15,17H,6-7,10H2,1H3. The molecule has 0 N–H and O–H groups in total. The average molecular weight is 459 g/mol. The van der Waals surface area contributed by atoms with Crippen LogP contribution < -0.4 is 4.90 Å². The molecule has 144 valence electrons. The fraction of sp³-hybridized carbons (Fsp3) is 0.381. The van der Waals surface area contributed by atoms with E-state index in [9.17, 15) is 9.59 Å². The zero-order chi connectivity index (χ0) is 19.4. The zero-order valence-electron chi connectivity index (χ0n) is 15.3. The number of aromatic nitrogens is 1. The summed E-state index contributed by atoms with van der Waals surface area (Å²) >= 11 is 5.06. The smallest absolute Gasteiger partial charge is 0.296 e. The molecule has 1 fully saturated rings. The van der Waals surface area contributed by atoms with Crippen LogP contribution >= 0.6 is 27.3 Å². The molecule has 0 radical (unpaired) electrons. The first-order valence-corrected chi connectivity index (χ1v) is 11.2. The molecule has 3 aliphatic rings. The highest BCUT2D eigenvalue weighted by Gasteiger charge is 2.53. The van der Waals surface area contributed by atoms with Crippen LogP contribution in [0.2, 0.25) is 0 Å². The lowest BCUT2D eigenvalue weighted by atomic mass is 9.77. The summed E-state index contributed by atoms with van der Waals surface area (Å²) in [4.78, 5) is 33.2. The molecule has 1 saturated carbocycles. The third-order valence-corrected chi connectivity index (χ3v) is 7.40. The molecule has 1 aliphatic carbocycles. The number of alkyl halides is 1. The minimum atomic E-state index is -0.488. The van der Waals surface area contributed by atoms with E-state index in [4.69, 9.17) is 4.74 Å². The largest absolute Gasteiger partial charge is 0.483 e. The number of nitrogens with zero attached hydrogens (tertiary/aromatic N) is 2. The van der Waals surface area contributed by atoms with Crippen molar-refractivity contribution in [1.82, 2.24) is 4.98 Å². The number of hydrogen-bond donors (Lipinski definition) is 0. The van der Waals surface area contributed by atoms with E-state index in [0.29, 0.717) is 15.5 Å². The van der Waals surface area contributed by atoms with E-state index in [-0.39, 0.29) is 29.5 Å². The molecule has 0 spiro atoms. The number of amides is 1. The lowest BCUT2D eigenvalue weighted by molar-refractivity contribution is -0.131. The average Bonchev–Trinajstić information content (AvgIpc) is 3.30. The third-order valence-electron chi connectivity index (χ3n) is 5.80. The molecule has 1 aromatic carbocycles. The summed E-state index contributed by atoms with van der Waals surface area (Å²) < 4.78 is 6.17. The molecule has 5 rings (SSSR count). The highest BCUT2D eigenvalue weighted by Crippen LogP contribution is 2.49. The Morgan fingerprint density at radius 1 is 1.21 bits per heavy atom. The van der Waals surface area contributed by atoms with E-state index in [1.54, 1.807) is 11.1 Å². The molecular weight excluding hydrogens is 440 g/mol. The fourth-order valence-electron chi connectivity index (χ4n) is 4.41. The minimum absolute atomic E-state index is 0.0494. The highest BCUT2D eigenvalue weighted by atomic mass is 79.9. The number of thiazole rings is 1. The van der Waals surface area contributed by atoms with Crippen LogP contribution in [0.25, 0.3) is 0 Å². The molecule has 3 heterocycles. The van der Waals surface area contributed by atoms with Gasteiger partial charge in [0.25, 0.3) is 5.91 Å². The quantitative estimate of drug-likeness (QED) is 0.628. The Kier molecular flexibility index (Phi) is 4.39. The maximum Gasteiger partial charge on any atom is 0.296 e. The van der Waals surface area contributed by atoms with Crippen molar-refractivity contribution in [2.75, 3.05) is 4.90 Å². The van der Waals surface area contributed by atoms with Gasteiger partial charge in [-0.15, -0.1) is 11.3 Å². The van der Waals surface area contributed by atoms with Gasteiger partial charge in [-0.2, -0.15) is 0 Å². The van der Waals surface area contributed by atoms with Crippen LogP contribution in [0.15, 0.2) is 47.2 Å². The number of carbonyl (C=O) groups is 2. The molecule has 4 unspecified atom stereocenters. The van der Waals surface area contributed by atoms with Crippen molar-refractivity contribution in [2.45, 2.75) is 43.2 Å². The second-order valence-corrected chi connectivity index (χ2v) is 9.75. The Bertz CT molecular complexity index is 970. The molecule has 0 saturated heterocycles. The Morgan fingerprint density at radius 2 is 2.00 bits per heavy atom. The van der Waals surface area contributed by atoms with Crippen LogP contribution in [-0.2, 0) is 14.3 Å². The highest BCUT2D eigenvalue weighted by molar-refractivity contribution is 9.09. The first-order chi connectivity index (χ1) is 13.5. The van der Waals surface area contributed by atoms with Gasteiger partial charge in [-0.1, -0.05) is 45.8 Å². The molecule has 2 aromatic rings. The summed E-state index contributed by atoms with van der Waals surface area (Å²) in [5.74, 6) is -0.189. The number of fused-ring (bicyclic) bond motifs is 1. The van der Waals surface area contributed by atoms with Crippen LogP contribution in [0.1, 0.15) is 36.4 Å². The van der Waals surface area contributed by atoms with Gasteiger partial charge in [0.05, 0.1) is 17.5 Å². The van der Waals surface area contributed by atoms with Crippen molar-refractivity contribution in [3.05, 3.63) is 58.3 Å². The van der Waals surface area contributed by atoms with Crippen molar-refractivity contribution in [1.29, 1.82) is 0 Å². The van der Waals surface area contributed by atoms with Gasteiger partial charge in [-0.3, -0.25) is 14.5 Å². The van der Waals surface area contributed by atoms with E-state index < -0.39 is 6.04 Å². The number of aryl methyl sites for hydroxylation is 1. The summed E-state index contributed by atoms with van der Waals surface area (Å²) in [6.45, 7) is 2.02. The predicted octanol–water partition coefficient (Wildman–Crippen LogP) is 4.33. The van der Waals surface area contributed by atoms with Gasteiger partial charge in [0.1, 0.15) is 6.10 Å². The van der Waals surface area contributed by atoms with Crippen molar-refractivity contribution in [2.24, 2.45) is 5.92 Å². The van der Waals surface area contributed by atoms with Crippen LogP contribution in [0.5, 0.6) is 0 Å². The number of benzene rings is 1. The zero-order valence-corrected chi connectivity index (χ0v) is 17.7. The SMILES string of the molecule is Cc1ccc(C2C3=C(OC4CCC(Br)CC4C3=O)C(=O)N2c2nccs2)cc1. The Morgan fingerprint density at radius 3 is 2.71 bits per heavy atom. The Hall–Kier alpha value is -1.99. The number of Topliss-reactive ketones (excluding diaryl/α,β-unsaturated/α-hetero) is 1. The molecule has 5 nitrogen and oxygen atoms in total. The van der Waals surface area contributed by atoms with E-state index >= 15 is 0 Å². The van der Waals surface area contributed by atoms with Gasteiger partial charge in [0.15, 0.2) is 16.7 Å². The van der Waals surface area contributed by atoms with E-state index in [0.717, 1.165) is 30.4 Å². The lowest BCUT2D eigenvalue weighted by Crippen LogP contribution is -2.41. The number of ketones is 1. The van der Waals surface area contributed by atoms with E-state index in [1.807, 2.05) is 36.6 Å². The molecule has 7 heteroatoms. The topological polar surface area (TPSA) is 59.5 Å². The summed E-state index contributed by atoms with van der Waals surface area (Å²) in [5.41, 5.74) is 2.52. The molecule has 1 amide bonds. The van der Waals surface area contributed by atoms with Crippen molar-refractivity contribution >= 4 is 44.1 Å². The first-order valence-electron chi connectivity index (χ1n) is 9.43. The molecule has 0 bridgehead atoms. The van der Waals surface area contributed by atoms with E-state index in [2.05, 4.69) is 20.9 Å². The summed E-state index contributed by atoms with van der Waals surface area (Å²) in [7, 11) is 0. The number of ether oxygens (including phenoxy) is 1. The monoisotopic (exact) mass is 458 g/mol. The molecule has 2 aliphatic heterocycles.